The van der Waals surface area contributed by atoms with Crippen molar-refractivity contribution in [1.29, 1.82) is 0 Å². The second kappa shape index (κ2) is 4.58. The van der Waals surface area contributed by atoms with Gasteiger partial charge in [-0.05, 0) is 18.9 Å². The van der Waals surface area contributed by atoms with Gasteiger partial charge in [-0.2, -0.15) is 0 Å². The number of ketones is 1. The first-order chi connectivity index (χ1) is 7.25. The summed E-state index contributed by atoms with van der Waals surface area (Å²) < 4.78 is 0. The molecular weight excluding hydrogens is 186 g/mol. The largest absolute Gasteiger partial charge is 0.309 e. The molecule has 15 heavy (non-hydrogen) atoms. The van der Waals surface area contributed by atoms with E-state index in [0.29, 0.717) is 18.6 Å². The van der Waals surface area contributed by atoms with Crippen LogP contribution in [0.25, 0.3) is 0 Å². The average Bonchev–Trinajstić information content (AvgIpc) is 2.43. The smallest absolute Gasteiger partial charge is 0.136 e. The van der Waals surface area contributed by atoms with E-state index in [2.05, 4.69) is 36.5 Å². The van der Waals surface area contributed by atoms with Crippen LogP contribution in [-0.2, 0) is 4.79 Å². The fourth-order valence-corrected chi connectivity index (χ4v) is 2.02. The van der Waals surface area contributed by atoms with Gasteiger partial charge in [0.2, 0.25) is 0 Å². The zero-order valence-electron chi connectivity index (χ0n) is 9.12. The Kier molecular flexibility index (Phi) is 3.17. The molecule has 0 aromatic heterocycles. The monoisotopic (exact) mass is 203 g/mol. The van der Waals surface area contributed by atoms with Crippen LogP contribution in [0, 0.1) is 0 Å². The minimum absolute atomic E-state index is 0.238. The van der Waals surface area contributed by atoms with E-state index in [-0.39, 0.29) is 6.04 Å². The number of Topliss-reactive ketones (excluding diaryl/α,β-unsaturated/α-hetero) is 1. The Morgan fingerprint density at radius 1 is 1.47 bits per heavy atom. The number of rotatable bonds is 1. The molecule has 1 aliphatic heterocycles. The molecule has 0 aromatic carbocycles. The zero-order valence-corrected chi connectivity index (χ0v) is 9.12. The molecule has 0 bridgehead atoms. The summed E-state index contributed by atoms with van der Waals surface area (Å²) in [6, 6.07) is 0.238. The van der Waals surface area contributed by atoms with Gasteiger partial charge in [0.15, 0.2) is 0 Å². The molecule has 2 rings (SSSR count). The van der Waals surface area contributed by atoms with Gasteiger partial charge >= 0.3 is 0 Å². The van der Waals surface area contributed by atoms with Crippen molar-refractivity contribution in [2.75, 3.05) is 6.54 Å². The topological polar surface area (TPSA) is 29.1 Å². The molecule has 2 nitrogen and oxygen atoms in total. The van der Waals surface area contributed by atoms with Crippen LogP contribution >= 0.6 is 0 Å². The lowest BCUT2D eigenvalue weighted by Gasteiger charge is -2.23. The molecule has 0 saturated carbocycles. The highest BCUT2D eigenvalue weighted by atomic mass is 16.1. The maximum Gasteiger partial charge on any atom is 0.136 e. The normalized spacial score (nSPS) is 27.0. The minimum Gasteiger partial charge on any atom is -0.309 e. The molecule has 1 fully saturated rings. The van der Waals surface area contributed by atoms with Crippen molar-refractivity contribution in [3.63, 3.8) is 0 Å². The summed E-state index contributed by atoms with van der Waals surface area (Å²) in [5.74, 6) is 0.377. The molecule has 1 heterocycles. The Morgan fingerprint density at radius 2 is 2.33 bits per heavy atom. The molecule has 0 amide bonds. The van der Waals surface area contributed by atoms with Crippen molar-refractivity contribution in [2.24, 2.45) is 0 Å². The van der Waals surface area contributed by atoms with E-state index in [9.17, 15) is 4.79 Å². The third-order valence-corrected chi connectivity index (χ3v) is 2.96. The Morgan fingerprint density at radius 3 is 3.13 bits per heavy atom. The molecule has 1 saturated heterocycles. The summed E-state index contributed by atoms with van der Waals surface area (Å²) in [5, 5.41) is 3.40. The third-order valence-electron chi connectivity index (χ3n) is 2.96. The van der Waals surface area contributed by atoms with Gasteiger partial charge in [0, 0.05) is 25.4 Å². The standard InChI is InChI=1S/C13H17NO/c1-10-3-2-4-11(6-5-10)13-9-12(15)7-8-14-13/h2-4,6,13-14H,5,7-9H2,1H3. The van der Waals surface area contributed by atoms with Crippen LogP contribution in [0.5, 0.6) is 0 Å². The quantitative estimate of drug-likeness (QED) is 0.707. The van der Waals surface area contributed by atoms with Crippen molar-refractivity contribution < 1.29 is 4.79 Å². The highest BCUT2D eigenvalue weighted by Crippen LogP contribution is 2.18. The molecule has 0 aromatic rings. The van der Waals surface area contributed by atoms with Crippen molar-refractivity contribution >= 4 is 5.78 Å². The minimum atomic E-state index is 0.238. The Hall–Kier alpha value is -1.15. The SMILES string of the molecule is CC1=CC=CC(C2CC(=O)CCN2)=CC1. The van der Waals surface area contributed by atoms with Gasteiger partial charge in [0.1, 0.15) is 5.78 Å². The van der Waals surface area contributed by atoms with Crippen molar-refractivity contribution in [1.82, 2.24) is 5.32 Å². The van der Waals surface area contributed by atoms with Gasteiger partial charge in [-0.15, -0.1) is 0 Å². The van der Waals surface area contributed by atoms with Gasteiger partial charge in [0.05, 0.1) is 0 Å². The molecule has 1 unspecified atom stereocenters. The van der Waals surface area contributed by atoms with Crippen LogP contribution in [0.2, 0.25) is 0 Å². The van der Waals surface area contributed by atoms with E-state index < -0.39 is 0 Å². The first-order valence-corrected chi connectivity index (χ1v) is 5.54. The maximum absolute atomic E-state index is 11.4. The van der Waals surface area contributed by atoms with E-state index in [1.807, 2.05) is 0 Å². The Labute approximate surface area is 90.7 Å². The number of allylic oxidation sites excluding steroid dienone is 4. The van der Waals surface area contributed by atoms with Crippen LogP contribution in [0.1, 0.15) is 26.2 Å². The molecule has 0 radical (unpaired) electrons. The molecule has 1 N–H and O–H groups in total. The summed E-state index contributed by atoms with van der Waals surface area (Å²) in [5.41, 5.74) is 2.62. The molecule has 0 spiro atoms. The van der Waals surface area contributed by atoms with E-state index in [1.54, 1.807) is 0 Å². The lowest BCUT2D eigenvalue weighted by Crippen LogP contribution is -2.39. The van der Waals surface area contributed by atoms with Gasteiger partial charge in [-0.3, -0.25) is 4.79 Å². The van der Waals surface area contributed by atoms with E-state index >= 15 is 0 Å². The summed E-state index contributed by atoms with van der Waals surface area (Å²) in [6.45, 7) is 2.95. The summed E-state index contributed by atoms with van der Waals surface area (Å²) in [7, 11) is 0. The van der Waals surface area contributed by atoms with Crippen LogP contribution in [0.3, 0.4) is 0 Å². The summed E-state index contributed by atoms with van der Waals surface area (Å²) in [4.78, 5) is 11.4. The van der Waals surface area contributed by atoms with Crippen molar-refractivity contribution in [3.8, 4) is 0 Å². The number of piperidine rings is 1. The maximum atomic E-state index is 11.4. The Bertz CT molecular complexity index is 350. The van der Waals surface area contributed by atoms with Gasteiger partial charge in [-0.1, -0.05) is 29.9 Å². The number of hydrogen-bond acceptors (Lipinski definition) is 2. The van der Waals surface area contributed by atoms with Crippen molar-refractivity contribution in [2.45, 2.75) is 32.2 Å². The molecule has 2 aliphatic rings. The van der Waals surface area contributed by atoms with Gasteiger partial charge in [0.25, 0.3) is 0 Å². The highest BCUT2D eigenvalue weighted by Gasteiger charge is 2.20. The van der Waals surface area contributed by atoms with Gasteiger partial charge in [-0.25, -0.2) is 0 Å². The average molecular weight is 203 g/mol. The molecule has 1 atom stereocenters. The van der Waals surface area contributed by atoms with Crippen LogP contribution < -0.4 is 5.32 Å². The lowest BCUT2D eigenvalue weighted by atomic mass is 9.95. The second-order valence-electron chi connectivity index (χ2n) is 4.28. The second-order valence-corrected chi connectivity index (χ2v) is 4.28. The summed E-state index contributed by atoms with van der Waals surface area (Å²) >= 11 is 0. The fourth-order valence-electron chi connectivity index (χ4n) is 2.02. The molecule has 2 heteroatoms. The van der Waals surface area contributed by atoms with Crippen LogP contribution in [0.15, 0.2) is 35.5 Å². The van der Waals surface area contributed by atoms with E-state index in [4.69, 9.17) is 0 Å². The van der Waals surface area contributed by atoms with E-state index in [0.717, 1.165) is 13.0 Å². The van der Waals surface area contributed by atoms with Gasteiger partial charge < -0.3 is 5.32 Å². The highest BCUT2D eigenvalue weighted by molar-refractivity contribution is 5.80. The predicted molar refractivity (Wildman–Crippen MR) is 61.6 cm³/mol. The number of carbonyl (C=O) groups excluding carboxylic acids is 1. The third kappa shape index (κ3) is 2.66. The number of hydrogen-bond donors (Lipinski definition) is 1. The van der Waals surface area contributed by atoms with Crippen LogP contribution in [-0.4, -0.2) is 18.4 Å². The fraction of sp³-hybridized carbons (Fsp3) is 0.462. The molecule has 1 aliphatic carbocycles. The predicted octanol–water partition coefficient (Wildman–Crippen LogP) is 2.14. The molecule has 80 valence electrons. The lowest BCUT2D eigenvalue weighted by molar-refractivity contribution is -0.120. The number of nitrogens with one attached hydrogen (secondary N) is 1. The first-order valence-electron chi connectivity index (χ1n) is 5.54. The first kappa shape index (κ1) is 10.4. The molecular formula is C13H17NO. The summed E-state index contributed by atoms with van der Waals surface area (Å²) in [6.07, 6.45) is 10.9. The van der Waals surface area contributed by atoms with Crippen LogP contribution in [0.4, 0.5) is 0 Å². The van der Waals surface area contributed by atoms with Crippen molar-refractivity contribution in [3.05, 3.63) is 35.5 Å². The number of carbonyl (C=O) groups is 1. The van der Waals surface area contributed by atoms with E-state index in [1.165, 1.54) is 11.1 Å². The Balaban J connectivity index is 2.07. The zero-order chi connectivity index (χ0) is 10.7.